The lowest BCUT2D eigenvalue weighted by molar-refractivity contribution is 0.0955. The van der Waals surface area contributed by atoms with Gasteiger partial charge >= 0.3 is 0 Å². The Kier molecular flexibility index (Phi) is 5.59. The number of hydrogen-bond acceptors (Lipinski definition) is 5. The van der Waals surface area contributed by atoms with Crippen LogP contribution >= 0.6 is 0 Å². The first kappa shape index (κ1) is 20.4. The molecular formula is C21H27N3O3. The third-order valence-corrected chi connectivity index (χ3v) is 4.23. The Labute approximate surface area is 160 Å². The Morgan fingerprint density at radius 3 is 2.07 bits per heavy atom. The lowest BCUT2D eigenvalue weighted by Crippen LogP contribution is -2.20. The van der Waals surface area contributed by atoms with Crippen LogP contribution in [0.1, 0.15) is 68.6 Å². The summed E-state index contributed by atoms with van der Waals surface area (Å²) >= 11 is 0. The third kappa shape index (κ3) is 4.64. The van der Waals surface area contributed by atoms with Gasteiger partial charge < -0.3 is 10.2 Å². The van der Waals surface area contributed by atoms with Crippen LogP contribution in [0.15, 0.2) is 35.7 Å². The van der Waals surface area contributed by atoms with E-state index in [0.29, 0.717) is 16.7 Å². The second-order valence-corrected chi connectivity index (χ2v) is 8.52. The quantitative estimate of drug-likeness (QED) is 0.435. The van der Waals surface area contributed by atoms with Gasteiger partial charge in [0, 0.05) is 29.1 Å². The second-order valence-electron chi connectivity index (χ2n) is 8.52. The highest BCUT2D eigenvalue weighted by atomic mass is 16.3. The molecule has 27 heavy (non-hydrogen) atoms. The lowest BCUT2D eigenvalue weighted by Gasteiger charge is -2.28. The Morgan fingerprint density at radius 1 is 1.00 bits per heavy atom. The molecule has 6 nitrogen and oxygen atoms in total. The molecule has 144 valence electrons. The van der Waals surface area contributed by atoms with E-state index in [1.165, 1.54) is 18.6 Å². The summed E-state index contributed by atoms with van der Waals surface area (Å²) in [6, 6.07) is 5.04. The molecule has 0 aliphatic carbocycles. The van der Waals surface area contributed by atoms with Crippen LogP contribution in [0.5, 0.6) is 11.5 Å². The molecule has 0 aliphatic heterocycles. The molecule has 0 saturated heterocycles. The first-order valence-electron chi connectivity index (χ1n) is 8.76. The molecule has 2 aromatic rings. The maximum atomic E-state index is 12.1. The monoisotopic (exact) mass is 369 g/mol. The van der Waals surface area contributed by atoms with Crippen LogP contribution < -0.4 is 5.43 Å². The number of hydrogen-bond donors (Lipinski definition) is 3. The molecule has 0 aliphatic rings. The Hall–Kier alpha value is -2.89. The van der Waals surface area contributed by atoms with Crippen molar-refractivity contribution in [3.05, 3.63) is 52.8 Å². The summed E-state index contributed by atoms with van der Waals surface area (Å²) in [6.07, 6.45) is 4.40. The van der Waals surface area contributed by atoms with E-state index < -0.39 is 0 Å². The van der Waals surface area contributed by atoms with Gasteiger partial charge in [-0.3, -0.25) is 9.78 Å². The van der Waals surface area contributed by atoms with Gasteiger partial charge in [0.2, 0.25) is 0 Å². The summed E-state index contributed by atoms with van der Waals surface area (Å²) in [6.45, 7) is 11.9. The van der Waals surface area contributed by atoms with Crippen molar-refractivity contribution in [1.29, 1.82) is 0 Å². The molecule has 1 heterocycles. The zero-order chi connectivity index (χ0) is 20.4. The van der Waals surface area contributed by atoms with Crippen molar-refractivity contribution < 1.29 is 15.0 Å². The fourth-order valence-corrected chi connectivity index (χ4v) is 2.72. The maximum Gasteiger partial charge on any atom is 0.271 e. The summed E-state index contributed by atoms with van der Waals surface area (Å²) in [5, 5.41) is 25.1. The molecule has 2 rings (SSSR count). The van der Waals surface area contributed by atoms with Crippen molar-refractivity contribution in [2.75, 3.05) is 0 Å². The minimum Gasteiger partial charge on any atom is -0.504 e. The first-order valence-corrected chi connectivity index (χ1v) is 8.76. The molecule has 3 N–H and O–H groups in total. The number of nitrogens with one attached hydrogen (secondary N) is 1. The van der Waals surface area contributed by atoms with Gasteiger partial charge in [-0.1, -0.05) is 47.6 Å². The van der Waals surface area contributed by atoms with Gasteiger partial charge in [-0.25, -0.2) is 5.43 Å². The van der Waals surface area contributed by atoms with Gasteiger partial charge in [0.05, 0.1) is 6.21 Å². The molecule has 0 bridgehead atoms. The number of nitrogens with zero attached hydrogens (tertiary/aromatic N) is 2. The molecule has 0 atom stereocenters. The van der Waals surface area contributed by atoms with Crippen molar-refractivity contribution in [3.63, 3.8) is 0 Å². The largest absolute Gasteiger partial charge is 0.504 e. The summed E-state index contributed by atoms with van der Waals surface area (Å²) in [4.78, 5) is 16.0. The van der Waals surface area contributed by atoms with Gasteiger partial charge in [0.1, 0.15) is 0 Å². The highest BCUT2D eigenvalue weighted by Crippen LogP contribution is 2.43. The highest BCUT2D eigenvalue weighted by molar-refractivity contribution is 5.95. The van der Waals surface area contributed by atoms with Crippen LogP contribution in [0, 0.1) is 0 Å². The first-order chi connectivity index (χ1) is 12.4. The summed E-state index contributed by atoms with van der Waals surface area (Å²) in [5.41, 5.74) is 4.06. The van der Waals surface area contributed by atoms with Gasteiger partial charge in [-0.15, -0.1) is 0 Å². The van der Waals surface area contributed by atoms with E-state index in [1.807, 2.05) is 47.6 Å². The van der Waals surface area contributed by atoms with Crippen molar-refractivity contribution >= 4 is 12.1 Å². The number of rotatable bonds is 3. The van der Waals surface area contributed by atoms with Gasteiger partial charge in [-0.05, 0) is 28.5 Å². The number of phenolic OH excluding ortho intramolecular Hbond substituents is 2. The van der Waals surface area contributed by atoms with Crippen molar-refractivity contribution in [2.45, 2.75) is 52.4 Å². The Bertz CT molecular complexity index is 861. The lowest BCUT2D eigenvalue weighted by atomic mass is 9.77. The van der Waals surface area contributed by atoms with E-state index in [2.05, 4.69) is 15.5 Å². The average Bonchev–Trinajstić information content (AvgIpc) is 2.57. The number of phenols is 2. The number of carbonyl (C=O) groups excluding carboxylic acids is 1. The van der Waals surface area contributed by atoms with Gasteiger partial charge in [0.15, 0.2) is 11.5 Å². The predicted molar refractivity (Wildman–Crippen MR) is 106 cm³/mol. The van der Waals surface area contributed by atoms with Crippen LogP contribution in [-0.4, -0.2) is 27.3 Å². The molecule has 6 heteroatoms. The molecule has 1 aromatic heterocycles. The fraction of sp³-hybridized carbons (Fsp3) is 0.381. The molecule has 0 fully saturated rings. The topological polar surface area (TPSA) is 94.8 Å². The number of carbonyl (C=O) groups is 1. The van der Waals surface area contributed by atoms with Crippen LogP contribution in [-0.2, 0) is 10.8 Å². The molecule has 1 amide bonds. The molecule has 0 unspecified atom stereocenters. The van der Waals surface area contributed by atoms with E-state index in [-0.39, 0.29) is 28.2 Å². The van der Waals surface area contributed by atoms with Crippen molar-refractivity contribution in [1.82, 2.24) is 10.4 Å². The normalized spacial score (nSPS) is 12.4. The minimum atomic E-state index is -0.388. The van der Waals surface area contributed by atoms with Crippen LogP contribution in [0.4, 0.5) is 0 Å². The predicted octanol–water partition coefficient (Wildman–Crippen LogP) is 3.85. The number of benzene rings is 1. The van der Waals surface area contributed by atoms with Crippen LogP contribution in [0.25, 0.3) is 0 Å². The highest BCUT2D eigenvalue weighted by Gasteiger charge is 2.28. The number of aromatic hydroxyl groups is 2. The zero-order valence-corrected chi connectivity index (χ0v) is 16.7. The number of pyridine rings is 1. The maximum absolute atomic E-state index is 12.1. The van der Waals surface area contributed by atoms with E-state index in [4.69, 9.17) is 0 Å². The van der Waals surface area contributed by atoms with E-state index in [0.717, 1.165) is 5.56 Å². The second kappa shape index (κ2) is 7.39. The number of hydrazone groups is 1. The number of aromatic nitrogens is 1. The van der Waals surface area contributed by atoms with Crippen LogP contribution in [0.2, 0.25) is 0 Å². The average molecular weight is 369 g/mol. The van der Waals surface area contributed by atoms with Crippen LogP contribution in [0.3, 0.4) is 0 Å². The van der Waals surface area contributed by atoms with Crippen molar-refractivity contribution in [3.8, 4) is 11.5 Å². The van der Waals surface area contributed by atoms with Crippen molar-refractivity contribution in [2.24, 2.45) is 5.10 Å². The molecule has 0 spiro atoms. The zero-order valence-electron chi connectivity index (χ0n) is 16.7. The standard InChI is InChI=1S/C21H27N3O3/c1-20(2,3)15-11-16(21(4,5)6)18(26)17(25)14(15)12-23-24-19(27)13-7-9-22-10-8-13/h7-12,25-26H,1-6H3,(H,24,27). The minimum absolute atomic E-state index is 0.169. The Balaban J connectivity index is 2.44. The van der Waals surface area contributed by atoms with E-state index >= 15 is 0 Å². The van der Waals surface area contributed by atoms with E-state index in [1.54, 1.807) is 12.1 Å². The summed E-state index contributed by atoms with van der Waals surface area (Å²) in [5.74, 6) is -0.798. The fourth-order valence-electron chi connectivity index (χ4n) is 2.72. The molecular weight excluding hydrogens is 342 g/mol. The number of amides is 1. The van der Waals surface area contributed by atoms with Gasteiger partial charge in [-0.2, -0.15) is 5.10 Å². The molecule has 1 aromatic carbocycles. The summed E-state index contributed by atoms with van der Waals surface area (Å²) < 4.78 is 0. The smallest absolute Gasteiger partial charge is 0.271 e. The third-order valence-electron chi connectivity index (χ3n) is 4.23. The molecule has 0 radical (unpaired) electrons. The Morgan fingerprint density at radius 2 is 1.56 bits per heavy atom. The van der Waals surface area contributed by atoms with Gasteiger partial charge in [0.25, 0.3) is 5.91 Å². The van der Waals surface area contributed by atoms with E-state index in [9.17, 15) is 15.0 Å². The molecule has 0 saturated carbocycles. The summed E-state index contributed by atoms with van der Waals surface area (Å²) in [7, 11) is 0. The SMILES string of the molecule is CC(C)(C)c1cc(C(C)(C)C)c(C=NNC(=O)c2ccncc2)c(O)c1O.